The largest absolute Gasteiger partial charge is 0.382 e. The highest BCUT2D eigenvalue weighted by atomic mass is 35.5. The highest BCUT2D eigenvalue weighted by Crippen LogP contribution is 2.45. The molecule has 1 aromatic heterocycles. The Morgan fingerprint density at radius 2 is 2.15 bits per heavy atom. The number of nitrogens with zero attached hydrogens (tertiary/aromatic N) is 1. The number of rotatable bonds is 3. The van der Waals surface area contributed by atoms with Crippen molar-refractivity contribution in [1.82, 2.24) is 4.98 Å². The van der Waals surface area contributed by atoms with Gasteiger partial charge in [0.2, 0.25) is 5.67 Å². The van der Waals surface area contributed by atoms with Crippen molar-refractivity contribution in [2.24, 2.45) is 5.73 Å². The highest BCUT2D eigenvalue weighted by Gasteiger charge is 2.51. The van der Waals surface area contributed by atoms with E-state index in [9.17, 15) is 9.90 Å². The Morgan fingerprint density at radius 3 is 2.81 bits per heavy atom. The summed E-state index contributed by atoms with van der Waals surface area (Å²) in [5.41, 5.74) is 2.84. The van der Waals surface area contributed by atoms with E-state index in [0.29, 0.717) is 16.3 Å². The number of halogens is 3. The maximum absolute atomic E-state index is 15.8. The van der Waals surface area contributed by atoms with Crippen molar-refractivity contribution in [3.05, 3.63) is 57.3 Å². The molecule has 1 aromatic carbocycles. The van der Waals surface area contributed by atoms with Gasteiger partial charge in [0.25, 0.3) is 5.91 Å². The predicted molar refractivity (Wildman–Crippen MR) is 99.0 cm³/mol. The van der Waals surface area contributed by atoms with Gasteiger partial charge in [-0.2, -0.15) is 0 Å². The second-order valence-electron chi connectivity index (χ2n) is 6.47. The van der Waals surface area contributed by atoms with Gasteiger partial charge in [0.05, 0.1) is 16.4 Å². The molecule has 0 saturated carbocycles. The lowest BCUT2D eigenvalue weighted by molar-refractivity contribution is -0.131. The number of carbonyl (C=O) groups is 1. The topological polar surface area (TPSA) is 88.2 Å². The first kappa shape index (κ1) is 19.0. The Bertz CT molecular complexity index is 856. The summed E-state index contributed by atoms with van der Waals surface area (Å²) in [6.07, 6.45) is 1.18. The van der Waals surface area contributed by atoms with Crippen LogP contribution in [0.5, 0.6) is 0 Å². The van der Waals surface area contributed by atoms with E-state index in [1.807, 2.05) is 0 Å². The molecule has 2 unspecified atom stereocenters. The molecule has 1 aliphatic rings. The van der Waals surface area contributed by atoms with Crippen LogP contribution in [0.3, 0.4) is 0 Å². The Hall–Kier alpha value is -1.73. The zero-order valence-corrected chi connectivity index (χ0v) is 15.5. The maximum Gasteiger partial charge on any atom is 0.266 e. The number of nitrogens with two attached hydrogens (primary N) is 1. The summed E-state index contributed by atoms with van der Waals surface area (Å²) in [4.78, 5) is 16.9. The number of aliphatic hydroxyl groups is 1. The Balaban J connectivity index is 2.01. The molecule has 3 rings (SSSR count). The van der Waals surface area contributed by atoms with Crippen LogP contribution in [0.15, 0.2) is 30.5 Å². The molecule has 26 heavy (non-hydrogen) atoms. The fourth-order valence-electron chi connectivity index (χ4n) is 3.24. The first-order valence-electron chi connectivity index (χ1n) is 8.06. The van der Waals surface area contributed by atoms with Gasteiger partial charge in [-0.25, -0.2) is 4.39 Å². The van der Waals surface area contributed by atoms with Crippen molar-refractivity contribution in [3.8, 4) is 0 Å². The fraction of sp³-hybridized carbons (Fsp3) is 0.333. The van der Waals surface area contributed by atoms with Gasteiger partial charge in [0, 0.05) is 23.3 Å². The van der Waals surface area contributed by atoms with Crippen LogP contribution in [0.25, 0.3) is 0 Å². The molecule has 2 aromatic rings. The summed E-state index contributed by atoms with van der Waals surface area (Å²) in [7, 11) is 0. The molecule has 0 aliphatic heterocycles. The summed E-state index contributed by atoms with van der Waals surface area (Å²) >= 11 is 12.1. The molecule has 1 amide bonds. The monoisotopic (exact) mass is 397 g/mol. The smallest absolute Gasteiger partial charge is 0.266 e. The number of fused-ring (bicyclic) bond motifs is 1. The maximum atomic E-state index is 15.8. The van der Waals surface area contributed by atoms with Crippen LogP contribution < -0.4 is 11.1 Å². The van der Waals surface area contributed by atoms with Crippen LogP contribution in [0.4, 0.5) is 10.1 Å². The molecule has 8 heteroatoms. The first-order valence-corrected chi connectivity index (χ1v) is 8.81. The predicted octanol–water partition coefficient (Wildman–Crippen LogP) is 3.44. The lowest BCUT2D eigenvalue weighted by Crippen LogP contribution is -2.48. The molecule has 4 N–H and O–H groups in total. The quantitative estimate of drug-likeness (QED) is 0.739. The summed E-state index contributed by atoms with van der Waals surface area (Å²) in [6.45, 7) is 1.60. The molecule has 5 nitrogen and oxygen atoms in total. The number of aryl methyl sites for hydroxylation is 1. The van der Waals surface area contributed by atoms with Crippen LogP contribution in [0.2, 0.25) is 10.0 Å². The number of aromatic nitrogens is 1. The molecule has 0 spiro atoms. The van der Waals surface area contributed by atoms with Gasteiger partial charge in [-0.05, 0) is 43.5 Å². The average molecular weight is 398 g/mol. The Kier molecular flexibility index (Phi) is 4.96. The summed E-state index contributed by atoms with van der Waals surface area (Å²) in [6, 6.07) is 6.05. The number of carbonyl (C=O) groups excluding carboxylic acids is 1. The Labute approximate surface area is 160 Å². The van der Waals surface area contributed by atoms with E-state index in [-0.39, 0.29) is 35.7 Å². The van der Waals surface area contributed by atoms with Crippen molar-refractivity contribution in [2.75, 3.05) is 11.9 Å². The SMILES string of the molecule is Cc1cc(Cl)cc(Cl)c1NC(=O)C1(F)CCC(O)(CN)c2ncccc21. The van der Waals surface area contributed by atoms with Gasteiger partial charge in [0.15, 0.2) is 0 Å². The van der Waals surface area contributed by atoms with Crippen LogP contribution in [-0.4, -0.2) is 22.5 Å². The van der Waals surface area contributed by atoms with Crippen LogP contribution >= 0.6 is 23.2 Å². The third-order valence-electron chi connectivity index (χ3n) is 4.75. The van der Waals surface area contributed by atoms with E-state index in [0.717, 1.165) is 0 Å². The molecular formula is C18H18Cl2FN3O2. The van der Waals surface area contributed by atoms with Gasteiger partial charge in [-0.3, -0.25) is 9.78 Å². The van der Waals surface area contributed by atoms with E-state index in [4.69, 9.17) is 28.9 Å². The second-order valence-corrected chi connectivity index (χ2v) is 7.31. The van der Waals surface area contributed by atoms with E-state index in [2.05, 4.69) is 10.3 Å². The van der Waals surface area contributed by atoms with Crippen molar-refractivity contribution in [1.29, 1.82) is 0 Å². The van der Waals surface area contributed by atoms with E-state index >= 15 is 4.39 Å². The minimum atomic E-state index is -2.36. The van der Waals surface area contributed by atoms with Crippen LogP contribution in [-0.2, 0) is 16.1 Å². The van der Waals surface area contributed by atoms with Gasteiger partial charge >= 0.3 is 0 Å². The van der Waals surface area contributed by atoms with Gasteiger partial charge in [-0.1, -0.05) is 29.3 Å². The molecular weight excluding hydrogens is 380 g/mol. The van der Waals surface area contributed by atoms with Gasteiger partial charge in [0.1, 0.15) is 5.60 Å². The van der Waals surface area contributed by atoms with Crippen molar-refractivity contribution < 1.29 is 14.3 Å². The molecule has 1 heterocycles. The van der Waals surface area contributed by atoms with Crippen LogP contribution in [0.1, 0.15) is 29.7 Å². The molecule has 0 radical (unpaired) electrons. The van der Waals surface area contributed by atoms with Crippen molar-refractivity contribution in [2.45, 2.75) is 31.0 Å². The number of hydrogen-bond acceptors (Lipinski definition) is 4. The molecule has 0 saturated heterocycles. The lowest BCUT2D eigenvalue weighted by atomic mass is 9.74. The lowest BCUT2D eigenvalue weighted by Gasteiger charge is -2.39. The Morgan fingerprint density at radius 1 is 1.42 bits per heavy atom. The zero-order chi connectivity index (χ0) is 19.1. The van der Waals surface area contributed by atoms with E-state index in [1.165, 1.54) is 24.4 Å². The molecule has 2 atom stereocenters. The molecule has 0 bridgehead atoms. The molecule has 0 fully saturated rings. The number of anilines is 1. The number of pyridine rings is 1. The average Bonchev–Trinajstić information content (AvgIpc) is 2.61. The fourth-order valence-corrected chi connectivity index (χ4v) is 3.88. The normalized spacial score (nSPS) is 24.8. The highest BCUT2D eigenvalue weighted by molar-refractivity contribution is 6.37. The number of nitrogens with one attached hydrogen (secondary N) is 1. The van der Waals surface area contributed by atoms with Gasteiger partial charge in [-0.15, -0.1) is 0 Å². The number of amides is 1. The second kappa shape index (κ2) is 6.78. The van der Waals surface area contributed by atoms with E-state index < -0.39 is 17.2 Å². The third-order valence-corrected chi connectivity index (χ3v) is 5.26. The van der Waals surface area contributed by atoms with Gasteiger partial charge < -0.3 is 16.2 Å². The minimum absolute atomic E-state index is 0.0134. The third kappa shape index (κ3) is 3.07. The van der Waals surface area contributed by atoms with Crippen molar-refractivity contribution >= 4 is 34.8 Å². The summed E-state index contributed by atoms with van der Waals surface area (Å²) in [5, 5.41) is 13.8. The first-order chi connectivity index (χ1) is 12.2. The number of hydrogen-bond donors (Lipinski definition) is 3. The minimum Gasteiger partial charge on any atom is -0.382 e. The van der Waals surface area contributed by atoms with E-state index in [1.54, 1.807) is 13.0 Å². The van der Waals surface area contributed by atoms with Crippen LogP contribution in [0, 0.1) is 6.92 Å². The number of benzene rings is 1. The molecule has 1 aliphatic carbocycles. The molecule has 138 valence electrons. The summed E-state index contributed by atoms with van der Waals surface area (Å²) < 4.78 is 15.8. The number of alkyl halides is 1. The standard InChI is InChI=1S/C18H18Cl2FN3O2/c1-10-7-11(19)8-13(20)14(10)24-16(25)18(21)5-4-17(26,9-22)15-12(18)3-2-6-23-15/h2-3,6-8,26H,4-5,9,22H2,1H3,(H,24,25). The summed E-state index contributed by atoms with van der Waals surface area (Å²) in [5.74, 6) is -0.877. The zero-order valence-electron chi connectivity index (χ0n) is 14.0. The van der Waals surface area contributed by atoms with Crippen molar-refractivity contribution in [3.63, 3.8) is 0 Å².